The monoisotopic (exact) mass is 511 g/mol. The van der Waals surface area contributed by atoms with E-state index in [4.69, 9.17) is 4.74 Å². The molecule has 3 aliphatic heterocycles. The first-order valence-corrected chi connectivity index (χ1v) is 13.1. The number of methoxy groups -OCH3 is 1. The molecule has 8 heteroatoms. The summed E-state index contributed by atoms with van der Waals surface area (Å²) in [4.78, 5) is 16.7. The molecule has 5 rings (SSSR count). The third-order valence-electron chi connectivity index (χ3n) is 8.37. The molecule has 0 saturated carbocycles. The maximum Gasteiger partial charge on any atom is 0.246 e. The largest absolute Gasteiger partial charge is 0.497 e. The van der Waals surface area contributed by atoms with Crippen molar-refractivity contribution < 1.29 is 23.4 Å². The summed E-state index contributed by atoms with van der Waals surface area (Å²) in [6.45, 7) is 4.61. The summed E-state index contributed by atoms with van der Waals surface area (Å²) in [6.07, 6.45) is 5.94. The second-order valence-electron chi connectivity index (χ2n) is 10.6. The Morgan fingerprint density at radius 1 is 1.14 bits per heavy atom. The van der Waals surface area contributed by atoms with E-state index in [1.165, 1.54) is 35.5 Å². The van der Waals surface area contributed by atoms with Gasteiger partial charge < -0.3 is 25.0 Å². The van der Waals surface area contributed by atoms with Crippen LogP contribution in [0.4, 0.5) is 14.5 Å². The van der Waals surface area contributed by atoms with Crippen LogP contribution in [0.1, 0.15) is 36.8 Å². The van der Waals surface area contributed by atoms with Crippen LogP contribution in [0.5, 0.6) is 5.75 Å². The second kappa shape index (κ2) is 10.8. The lowest BCUT2D eigenvalue weighted by molar-refractivity contribution is -0.128. The van der Waals surface area contributed by atoms with Gasteiger partial charge in [-0.25, -0.2) is 8.78 Å². The first-order chi connectivity index (χ1) is 17.8. The lowest BCUT2D eigenvalue weighted by atomic mass is 9.74. The van der Waals surface area contributed by atoms with Crippen molar-refractivity contribution in [3.8, 4) is 5.75 Å². The lowest BCUT2D eigenvalue weighted by Crippen LogP contribution is -2.48. The SMILES string of the molecule is COc1ccc2c(c1)C1(CCN(CC(O)C3CCN(C(=O)/C=C/c4cc(F)cc(F)c4)CC3)CC1)CN2. The molecule has 3 aliphatic rings. The number of aliphatic hydroxyl groups is 1. The van der Waals surface area contributed by atoms with Crippen molar-refractivity contribution in [2.45, 2.75) is 37.2 Å². The van der Waals surface area contributed by atoms with Crippen molar-refractivity contribution in [3.63, 3.8) is 0 Å². The number of hydrogen-bond acceptors (Lipinski definition) is 5. The summed E-state index contributed by atoms with van der Waals surface area (Å²) >= 11 is 0. The van der Waals surface area contributed by atoms with E-state index in [1.54, 1.807) is 12.0 Å². The number of carbonyl (C=O) groups excluding carboxylic acids is 1. The van der Waals surface area contributed by atoms with E-state index in [-0.39, 0.29) is 17.2 Å². The minimum absolute atomic E-state index is 0.127. The zero-order valence-electron chi connectivity index (χ0n) is 21.3. The summed E-state index contributed by atoms with van der Waals surface area (Å²) in [5, 5.41) is 14.5. The topological polar surface area (TPSA) is 65.0 Å². The molecule has 2 aromatic rings. The Balaban J connectivity index is 1.09. The Labute approximate surface area is 216 Å². The zero-order chi connectivity index (χ0) is 26.0. The number of rotatable bonds is 6. The van der Waals surface area contributed by atoms with Crippen LogP contribution < -0.4 is 10.1 Å². The van der Waals surface area contributed by atoms with Gasteiger partial charge in [0.25, 0.3) is 0 Å². The quantitative estimate of drug-likeness (QED) is 0.573. The highest BCUT2D eigenvalue weighted by molar-refractivity contribution is 5.91. The van der Waals surface area contributed by atoms with Gasteiger partial charge in [-0.3, -0.25) is 4.79 Å². The lowest BCUT2D eigenvalue weighted by Gasteiger charge is -2.41. The Morgan fingerprint density at radius 2 is 1.84 bits per heavy atom. The van der Waals surface area contributed by atoms with Gasteiger partial charge in [-0.15, -0.1) is 0 Å². The highest BCUT2D eigenvalue weighted by Gasteiger charge is 2.42. The Kier molecular flexibility index (Phi) is 7.49. The number of fused-ring (bicyclic) bond motifs is 2. The molecule has 6 nitrogen and oxygen atoms in total. The van der Waals surface area contributed by atoms with Crippen LogP contribution in [-0.4, -0.2) is 73.3 Å². The maximum atomic E-state index is 13.4. The molecular formula is C29H35F2N3O3. The van der Waals surface area contributed by atoms with E-state index in [2.05, 4.69) is 22.3 Å². The molecule has 1 atom stereocenters. The summed E-state index contributed by atoms with van der Waals surface area (Å²) in [6, 6.07) is 9.46. The normalized spacial score (nSPS) is 20.7. The summed E-state index contributed by atoms with van der Waals surface area (Å²) in [5.41, 5.74) is 2.99. The van der Waals surface area contributed by atoms with Crippen LogP contribution in [0.3, 0.4) is 0 Å². The van der Waals surface area contributed by atoms with Crippen LogP contribution in [0.2, 0.25) is 0 Å². The van der Waals surface area contributed by atoms with Gasteiger partial charge in [0.1, 0.15) is 17.4 Å². The predicted octanol–water partition coefficient (Wildman–Crippen LogP) is 4.05. The molecule has 0 aromatic heterocycles. The predicted molar refractivity (Wildman–Crippen MR) is 140 cm³/mol. The number of amides is 1. The Morgan fingerprint density at radius 3 is 2.51 bits per heavy atom. The second-order valence-corrected chi connectivity index (χ2v) is 10.6. The number of likely N-dealkylation sites (tertiary alicyclic amines) is 2. The molecule has 0 bridgehead atoms. The number of piperidine rings is 2. The first kappa shape index (κ1) is 25.7. The van der Waals surface area contributed by atoms with Crippen molar-refractivity contribution in [2.24, 2.45) is 5.92 Å². The van der Waals surface area contributed by atoms with Gasteiger partial charge >= 0.3 is 0 Å². The summed E-state index contributed by atoms with van der Waals surface area (Å²) in [7, 11) is 1.70. The minimum Gasteiger partial charge on any atom is -0.497 e. The van der Waals surface area contributed by atoms with Gasteiger partial charge in [-0.05, 0) is 92.2 Å². The molecule has 2 fully saturated rings. The highest BCUT2D eigenvalue weighted by Crippen LogP contribution is 2.45. The van der Waals surface area contributed by atoms with E-state index in [0.29, 0.717) is 25.2 Å². The average molecular weight is 512 g/mol. The number of aliphatic hydroxyl groups excluding tert-OH is 1. The van der Waals surface area contributed by atoms with Gasteiger partial charge in [0.05, 0.1) is 13.2 Å². The van der Waals surface area contributed by atoms with E-state index in [1.807, 2.05) is 6.07 Å². The molecule has 37 heavy (non-hydrogen) atoms. The van der Waals surface area contributed by atoms with Gasteiger partial charge in [-0.2, -0.15) is 0 Å². The van der Waals surface area contributed by atoms with Gasteiger partial charge in [0, 0.05) is 49.4 Å². The van der Waals surface area contributed by atoms with E-state index in [9.17, 15) is 18.7 Å². The van der Waals surface area contributed by atoms with Gasteiger partial charge in [-0.1, -0.05) is 0 Å². The van der Waals surface area contributed by atoms with Crippen LogP contribution in [-0.2, 0) is 10.2 Å². The molecule has 2 aromatic carbocycles. The van der Waals surface area contributed by atoms with E-state index in [0.717, 1.165) is 57.1 Å². The molecule has 1 spiro atoms. The Bertz CT molecular complexity index is 1130. The highest BCUT2D eigenvalue weighted by atomic mass is 19.1. The number of anilines is 1. The van der Waals surface area contributed by atoms with Crippen molar-refractivity contribution >= 4 is 17.7 Å². The number of benzene rings is 2. The molecule has 2 saturated heterocycles. The van der Waals surface area contributed by atoms with Crippen LogP contribution in [0, 0.1) is 17.6 Å². The fourth-order valence-electron chi connectivity index (χ4n) is 6.08. The molecule has 198 valence electrons. The fourth-order valence-corrected chi connectivity index (χ4v) is 6.08. The first-order valence-electron chi connectivity index (χ1n) is 13.1. The number of β-amino-alcohol motifs (C(OH)–C–C–N with tert-alkyl or cyclic N) is 1. The number of nitrogens with zero attached hydrogens (tertiary/aromatic N) is 2. The minimum atomic E-state index is -0.671. The summed E-state index contributed by atoms with van der Waals surface area (Å²) in [5.74, 6) is -0.477. The third kappa shape index (κ3) is 5.65. The van der Waals surface area contributed by atoms with Crippen molar-refractivity contribution in [1.29, 1.82) is 0 Å². The number of carbonyl (C=O) groups is 1. The standard InChI is InChI=1S/C29H35F2N3O3/c1-37-24-3-4-26-25(17-24)29(19-32-26)8-12-33(13-9-29)18-27(35)21-6-10-34(11-7-21)28(36)5-2-20-14-22(30)16-23(31)15-20/h2-5,14-17,21,27,32,35H,6-13,18-19H2,1H3/b5-2+. The number of nitrogens with one attached hydrogen (secondary N) is 1. The van der Waals surface area contributed by atoms with Crippen molar-refractivity contribution in [1.82, 2.24) is 9.80 Å². The molecule has 3 heterocycles. The molecule has 1 unspecified atom stereocenters. The van der Waals surface area contributed by atoms with Crippen molar-refractivity contribution in [3.05, 3.63) is 65.2 Å². The number of ether oxygens (including phenoxy) is 1. The molecule has 1 amide bonds. The summed E-state index contributed by atoms with van der Waals surface area (Å²) < 4.78 is 32.2. The Hall–Kier alpha value is -2.97. The molecule has 2 N–H and O–H groups in total. The maximum absolute atomic E-state index is 13.4. The molecular weight excluding hydrogens is 476 g/mol. The van der Waals surface area contributed by atoms with Gasteiger partial charge in [0.15, 0.2) is 0 Å². The van der Waals surface area contributed by atoms with E-state index >= 15 is 0 Å². The van der Waals surface area contributed by atoms with Crippen LogP contribution >= 0.6 is 0 Å². The van der Waals surface area contributed by atoms with Gasteiger partial charge in [0.2, 0.25) is 5.91 Å². The number of halogens is 2. The van der Waals surface area contributed by atoms with Crippen LogP contribution in [0.15, 0.2) is 42.5 Å². The molecule has 0 aliphatic carbocycles. The molecule has 0 radical (unpaired) electrons. The third-order valence-corrected chi connectivity index (χ3v) is 8.37. The average Bonchev–Trinajstić information content (AvgIpc) is 3.25. The van der Waals surface area contributed by atoms with E-state index < -0.39 is 17.7 Å². The van der Waals surface area contributed by atoms with Crippen molar-refractivity contribution in [2.75, 3.05) is 51.7 Å². The van der Waals surface area contributed by atoms with Crippen LogP contribution in [0.25, 0.3) is 6.08 Å². The fraction of sp³-hybridized carbons (Fsp3) is 0.483. The zero-order valence-corrected chi connectivity index (χ0v) is 21.3. The smallest absolute Gasteiger partial charge is 0.246 e. The number of hydrogen-bond donors (Lipinski definition) is 2.